The molecule has 0 radical (unpaired) electrons. The summed E-state index contributed by atoms with van der Waals surface area (Å²) >= 11 is 0. The number of rotatable bonds is 1. The van der Waals surface area contributed by atoms with Crippen LogP contribution in [0.4, 0.5) is 19.1 Å². The summed E-state index contributed by atoms with van der Waals surface area (Å²) in [5.74, 6) is 0.395. The molecule has 0 saturated carbocycles. The van der Waals surface area contributed by atoms with Crippen molar-refractivity contribution in [3.8, 4) is 0 Å². The Hall–Kier alpha value is -1.37. The summed E-state index contributed by atoms with van der Waals surface area (Å²) in [6.07, 6.45) is -1.65. The fourth-order valence-electron chi connectivity index (χ4n) is 2.42. The topological polar surface area (TPSA) is 41.1 Å². The van der Waals surface area contributed by atoms with Crippen molar-refractivity contribution in [2.45, 2.75) is 24.7 Å². The summed E-state index contributed by atoms with van der Waals surface area (Å²) in [4.78, 5) is 9.60. The van der Waals surface area contributed by atoms with E-state index in [-0.39, 0.29) is 0 Å². The number of hydrogen-bond acceptors (Lipinski definition) is 4. The normalized spacial score (nSPS) is 27.8. The Balaban J connectivity index is 1.81. The third-order valence-electron chi connectivity index (χ3n) is 3.28. The Morgan fingerprint density at radius 2 is 2.00 bits per heavy atom. The highest BCUT2D eigenvalue weighted by molar-refractivity contribution is 5.37. The van der Waals surface area contributed by atoms with Crippen LogP contribution in [0, 0.1) is 0 Å². The van der Waals surface area contributed by atoms with E-state index in [1.54, 1.807) is 0 Å². The molecule has 3 rings (SSSR count). The molecule has 0 spiro atoms. The van der Waals surface area contributed by atoms with Crippen LogP contribution in [0.5, 0.6) is 0 Å². The molecule has 92 valence electrons. The first-order valence-electron chi connectivity index (χ1n) is 5.43. The molecule has 2 aliphatic heterocycles. The Kier molecular flexibility index (Phi) is 2.25. The largest absolute Gasteiger partial charge is 0.419 e. The first-order chi connectivity index (χ1) is 8.04. The maximum Gasteiger partial charge on any atom is 0.419 e. The molecule has 2 atom stereocenters. The van der Waals surface area contributed by atoms with Crippen LogP contribution < -0.4 is 10.2 Å². The lowest BCUT2D eigenvalue weighted by atomic mass is 10.2. The minimum absolute atomic E-state index is 0.316. The van der Waals surface area contributed by atoms with Crippen molar-refractivity contribution in [1.82, 2.24) is 15.3 Å². The van der Waals surface area contributed by atoms with Gasteiger partial charge in [0.1, 0.15) is 0 Å². The van der Waals surface area contributed by atoms with Crippen molar-refractivity contribution >= 4 is 5.95 Å². The van der Waals surface area contributed by atoms with Crippen molar-refractivity contribution in [1.29, 1.82) is 0 Å². The molecule has 1 N–H and O–H groups in total. The van der Waals surface area contributed by atoms with Crippen molar-refractivity contribution in [3.63, 3.8) is 0 Å². The zero-order valence-electron chi connectivity index (χ0n) is 8.91. The summed E-state index contributed by atoms with van der Waals surface area (Å²) < 4.78 is 37.0. The molecule has 0 aliphatic carbocycles. The lowest BCUT2D eigenvalue weighted by molar-refractivity contribution is -0.138. The van der Waals surface area contributed by atoms with Crippen LogP contribution >= 0.6 is 0 Å². The van der Waals surface area contributed by atoms with Crippen LogP contribution in [-0.2, 0) is 6.18 Å². The highest BCUT2D eigenvalue weighted by Gasteiger charge is 2.39. The number of anilines is 1. The first-order valence-corrected chi connectivity index (χ1v) is 5.43. The lowest BCUT2D eigenvalue weighted by Crippen LogP contribution is -2.44. The minimum atomic E-state index is -4.37. The van der Waals surface area contributed by atoms with Crippen LogP contribution in [0.15, 0.2) is 12.4 Å². The van der Waals surface area contributed by atoms with Gasteiger partial charge >= 0.3 is 6.18 Å². The molecule has 3 heterocycles. The molecule has 1 aromatic rings. The fourth-order valence-corrected chi connectivity index (χ4v) is 2.42. The quantitative estimate of drug-likeness (QED) is 0.801. The van der Waals surface area contributed by atoms with Gasteiger partial charge in [-0.25, -0.2) is 9.97 Å². The highest BCUT2D eigenvalue weighted by atomic mass is 19.4. The average Bonchev–Trinajstić information content (AvgIpc) is 2.89. The zero-order chi connectivity index (χ0) is 12.0. The number of halogens is 3. The minimum Gasteiger partial charge on any atom is -0.335 e. The molecule has 0 aromatic carbocycles. The average molecular weight is 244 g/mol. The summed E-state index contributed by atoms with van der Waals surface area (Å²) in [6, 6.07) is 0.739. The van der Waals surface area contributed by atoms with Crippen LogP contribution in [0.1, 0.15) is 12.0 Å². The second kappa shape index (κ2) is 3.56. The number of fused-ring (bicyclic) bond motifs is 2. The molecule has 2 saturated heterocycles. The van der Waals surface area contributed by atoms with Crippen molar-refractivity contribution in [3.05, 3.63) is 18.0 Å². The van der Waals surface area contributed by atoms with E-state index in [2.05, 4.69) is 15.3 Å². The smallest absolute Gasteiger partial charge is 0.335 e. The van der Waals surface area contributed by atoms with Gasteiger partial charge in [-0.3, -0.25) is 0 Å². The maximum absolute atomic E-state index is 12.3. The van der Waals surface area contributed by atoms with Gasteiger partial charge < -0.3 is 10.2 Å². The van der Waals surface area contributed by atoms with Crippen molar-refractivity contribution in [2.24, 2.45) is 0 Å². The lowest BCUT2D eigenvalue weighted by Gasteiger charge is -2.27. The molecule has 0 amide bonds. The van der Waals surface area contributed by atoms with E-state index >= 15 is 0 Å². The molecular formula is C10H11F3N4. The Labute approximate surface area is 95.9 Å². The van der Waals surface area contributed by atoms with Gasteiger partial charge in [0.15, 0.2) is 0 Å². The van der Waals surface area contributed by atoms with Gasteiger partial charge in [0, 0.05) is 37.6 Å². The molecule has 4 nitrogen and oxygen atoms in total. The van der Waals surface area contributed by atoms with E-state index in [1.165, 1.54) is 0 Å². The van der Waals surface area contributed by atoms with Gasteiger partial charge in [-0.05, 0) is 6.42 Å². The number of aromatic nitrogens is 2. The van der Waals surface area contributed by atoms with E-state index in [0.29, 0.717) is 18.0 Å². The van der Waals surface area contributed by atoms with Crippen molar-refractivity contribution < 1.29 is 13.2 Å². The number of nitrogens with one attached hydrogen (secondary N) is 1. The number of alkyl halides is 3. The van der Waals surface area contributed by atoms with Gasteiger partial charge in [0.25, 0.3) is 0 Å². The summed E-state index contributed by atoms with van der Waals surface area (Å²) in [5, 5.41) is 3.31. The predicted octanol–water partition coefficient (Wildman–Crippen LogP) is 1.05. The Morgan fingerprint density at radius 1 is 1.29 bits per heavy atom. The number of nitrogens with zero attached hydrogens (tertiary/aromatic N) is 3. The second-order valence-electron chi connectivity index (χ2n) is 4.42. The summed E-state index contributed by atoms with van der Waals surface area (Å²) in [7, 11) is 0. The molecular weight excluding hydrogens is 233 g/mol. The summed E-state index contributed by atoms with van der Waals surface area (Å²) in [6.45, 7) is 1.63. The highest BCUT2D eigenvalue weighted by Crippen LogP contribution is 2.30. The molecule has 2 aliphatic rings. The number of hydrogen-bond donors (Lipinski definition) is 1. The molecule has 1 aromatic heterocycles. The zero-order valence-corrected chi connectivity index (χ0v) is 8.91. The standard InChI is InChI=1S/C10H11F3N4/c11-10(12,13)6-2-15-9(16-3-6)17-5-7-1-8(17)4-14-7/h2-3,7-8,14H,1,4-5H2. The monoisotopic (exact) mass is 244 g/mol. The van der Waals surface area contributed by atoms with Crippen molar-refractivity contribution in [2.75, 3.05) is 18.0 Å². The Morgan fingerprint density at radius 3 is 2.47 bits per heavy atom. The third kappa shape index (κ3) is 1.84. The van der Waals surface area contributed by atoms with Gasteiger partial charge in [-0.15, -0.1) is 0 Å². The molecule has 7 heteroatoms. The van der Waals surface area contributed by atoms with Gasteiger partial charge in [-0.2, -0.15) is 13.2 Å². The SMILES string of the molecule is FC(F)(F)c1cnc(N2CC3CC2CN3)nc1. The van der Waals surface area contributed by atoms with Crippen LogP contribution in [0.2, 0.25) is 0 Å². The molecule has 2 fully saturated rings. The Bertz CT molecular complexity index is 417. The summed E-state index contributed by atoms with van der Waals surface area (Å²) in [5.41, 5.74) is -0.802. The van der Waals surface area contributed by atoms with E-state index < -0.39 is 11.7 Å². The predicted molar refractivity (Wildman–Crippen MR) is 54.6 cm³/mol. The van der Waals surface area contributed by atoms with Gasteiger partial charge in [-0.1, -0.05) is 0 Å². The number of piperazine rings is 1. The first kappa shape index (κ1) is 10.8. The van der Waals surface area contributed by atoms with Crippen LogP contribution in [0.25, 0.3) is 0 Å². The van der Waals surface area contributed by atoms with Crippen LogP contribution in [0.3, 0.4) is 0 Å². The van der Waals surface area contributed by atoms with Gasteiger partial charge in [0.2, 0.25) is 5.95 Å². The fraction of sp³-hybridized carbons (Fsp3) is 0.600. The molecule has 17 heavy (non-hydrogen) atoms. The molecule has 2 bridgehead atoms. The van der Waals surface area contributed by atoms with Crippen LogP contribution in [-0.4, -0.2) is 35.1 Å². The van der Waals surface area contributed by atoms with E-state index in [1.807, 2.05) is 4.90 Å². The van der Waals surface area contributed by atoms with E-state index in [0.717, 1.165) is 31.9 Å². The third-order valence-corrected chi connectivity index (χ3v) is 3.28. The molecule has 2 unspecified atom stereocenters. The maximum atomic E-state index is 12.3. The van der Waals surface area contributed by atoms with Gasteiger partial charge in [0.05, 0.1) is 5.56 Å². The van der Waals surface area contributed by atoms with E-state index in [4.69, 9.17) is 0 Å². The second-order valence-corrected chi connectivity index (χ2v) is 4.42. The van der Waals surface area contributed by atoms with E-state index in [9.17, 15) is 13.2 Å².